The average Bonchev–Trinajstić information content (AvgIpc) is 2.99. The van der Waals surface area contributed by atoms with E-state index in [1.807, 2.05) is 0 Å². The number of nitrogens with zero attached hydrogens (tertiary/aromatic N) is 5. The van der Waals surface area contributed by atoms with Crippen LogP contribution < -0.4 is 0 Å². The fourth-order valence-electron chi connectivity index (χ4n) is 2.20. The lowest BCUT2D eigenvalue weighted by molar-refractivity contribution is -0.383. The van der Waals surface area contributed by atoms with Crippen LogP contribution in [-0.2, 0) is 0 Å². The molecular weight excluding hydrogens is 314 g/mol. The molecule has 0 aliphatic rings. The lowest BCUT2D eigenvalue weighted by atomic mass is 10.2. The van der Waals surface area contributed by atoms with E-state index < -0.39 is 4.92 Å². The Morgan fingerprint density at radius 3 is 3.00 bits per heavy atom. The maximum absolute atomic E-state index is 11.1. The summed E-state index contributed by atoms with van der Waals surface area (Å²) in [7, 11) is 0. The van der Waals surface area contributed by atoms with Gasteiger partial charge in [-0.1, -0.05) is 31.2 Å². The van der Waals surface area contributed by atoms with E-state index in [0.29, 0.717) is 21.9 Å². The highest BCUT2D eigenvalue weighted by Crippen LogP contribution is 2.26. The first-order valence-corrected chi connectivity index (χ1v) is 8.26. The second kappa shape index (κ2) is 6.74. The van der Waals surface area contributed by atoms with Crippen LogP contribution in [0, 0.1) is 10.1 Å². The number of benzene rings is 1. The van der Waals surface area contributed by atoms with Crippen LogP contribution in [0.25, 0.3) is 16.7 Å². The summed E-state index contributed by atoms with van der Waals surface area (Å²) in [6.07, 6.45) is 5.41. The van der Waals surface area contributed by atoms with Gasteiger partial charge < -0.3 is 0 Å². The summed E-state index contributed by atoms with van der Waals surface area (Å²) < 4.78 is 1.61. The number of unbranched alkanes of at least 4 members (excludes halogenated alkanes) is 1. The molecule has 118 valence electrons. The number of non-ortho nitro benzene ring substituents is 1. The zero-order chi connectivity index (χ0) is 16.2. The molecular formula is C15H15N5O2S. The number of rotatable bonds is 6. The molecule has 8 heteroatoms. The molecule has 0 aliphatic carbocycles. The van der Waals surface area contributed by atoms with Gasteiger partial charge in [0, 0.05) is 24.1 Å². The predicted molar refractivity (Wildman–Crippen MR) is 88.9 cm³/mol. The number of hydrogen-bond acceptors (Lipinski definition) is 6. The van der Waals surface area contributed by atoms with Crippen LogP contribution in [0.2, 0.25) is 0 Å². The van der Waals surface area contributed by atoms with Gasteiger partial charge >= 0.3 is 0 Å². The van der Waals surface area contributed by atoms with Gasteiger partial charge in [-0.2, -0.15) is 5.10 Å². The third-order valence-corrected chi connectivity index (χ3v) is 4.30. The average molecular weight is 329 g/mol. The quantitative estimate of drug-likeness (QED) is 0.226. The van der Waals surface area contributed by atoms with Crippen molar-refractivity contribution in [2.75, 3.05) is 5.75 Å². The van der Waals surface area contributed by atoms with Crippen LogP contribution >= 0.6 is 11.8 Å². The van der Waals surface area contributed by atoms with Gasteiger partial charge in [-0.15, -0.1) is 0 Å². The second-order valence-electron chi connectivity index (χ2n) is 4.92. The Morgan fingerprint density at radius 1 is 1.35 bits per heavy atom. The van der Waals surface area contributed by atoms with Crippen molar-refractivity contribution < 1.29 is 4.92 Å². The van der Waals surface area contributed by atoms with Gasteiger partial charge in [0.25, 0.3) is 5.69 Å². The van der Waals surface area contributed by atoms with Crippen molar-refractivity contribution in [2.45, 2.75) is 24.9 Å². The zero-order valence-corrected chi connectivity index (χ0v) is 13.4. The Labute approximate surface area is 136 Å². The minimum atomic E-state index is -0.402. The van der Waals surface area contributed by atoms with E-state index in [1.165, 1.54) is 12.3 Å². The zero-order valence-electron chi connectivity index (χ0n) is 12.5. The van der Waals surface area contributed by atoms with Crippen molar-refractivity contribution >= 4 is 28.4 Å². The van der Waals surface area contributed by atoms with Crippen molar-refractivity contribution in [1.82, 2.24) is 19.7 Å². The first kappa shape index (κ1) is 15.4. The highest BCUT2D eigenvalue weighted by atomic mass is 32.2. The minimum Gasteiger partial charge on any atom is -0.258 e. The summed E-state index contributed by atoms with van der Waals surface area (Å²) in [5.74, 6) is 1.57. The molecule has 3 aromatic rings. The predicted octanol–water partition coefficient (Wildman–Crippen LogP) is 3.62. The fourth-order valence-corrected chi connectivity index (χ4v) is 3.11. The van der Waals surface area contributed by atoms with E-state index in [1.54, 1.807) is 40.8 Å². The van der Waals surface area contributed by atoms with Gasteiger partial charge in [0.2, 0.25) is 0 Å². The van der Waals surface area contributed by atoms with Gasteiger partial charge in [-0.3, -0.25) is 10.1 Å². The Morgan fingerprint density at radius 2 is 2.22 bits per heavy atom. The molecule has 0 atom stereocenters. The lowest BCUT2D eigenvalue weighted by Crippen LogP contribution is -2.01. The molecule has 7 nitrogen and oxygen atoms in total. The molecule has 1 aromatic carbocycles. The molecule has 0 saturated carbocycles. The molecule has 2 heterocycles. The van der Waals surface area contributed by atoms with Crippen LogP contribution in [0.5, 0.6) is 0 Å². The van der Waals surface area contributed by atoms with E-state index in [2.05, 4.69) is 22.0 Å². The van der Waals surface area contributed by atoms with Gasteiger partial charge in [0.1, 0.15) is 0 Å². The summed E-state index contributed by atoms with van der Waals surface area (Å²) in [4.78, 5) is 19.4. The number of thioether (sulfide) groups is 1. The first-order valence-electron chi connectivity index (χ1n) is 7.28. The summed E-state index contributed by atoms with van der Waals surface area (Å²) in [5, 5.41) is 16.5. The fraction of sp³-hybridized carbons (Fsp3) is 0.267. The topological polar surface area (TPSA) is 86.7 Å². The molecule has 0 aliphatic heterocycles. The Bertz CT molecular complexity index is 849. The molecule has 0 amide bonds. The Hall–Kier alpha value is -2.48. The molecule has 0 radical (unpaired) electrons. The van der Waals surface area contributed by atoms with E-state index in [0.717, 1.165) is 18.6 Å². The van der Waals surface area contributed by atoms with Gasteiger partial charge in [0.15, 0.2) is 11.0 Å². The largest absolute Gasteiger partial charge is 0.280 e. The second-order valence-corrected chi connectivity index (χ2v) is 5.98. The van der Waals surface area contributed by atoms with Crippen LogP contribution in [-0.4, -0.2) is 30.4 Å². The summed E-state index contributed by atoms with van der Waals surface area (Å²) in [5.41, 5.74) is 0.697. The SMILES string of the molecule is CCCCSc1nccc(-n2ncc3c([N+](=O)[O-])cccc32)n1. The minimum absolute atomic E-state index is 0.0420. The van der Waals surface area contributed by atoms with Crippen LogP contribution in [0.3, 0.4) is 0 Å². The molecule has 0 saturated heterocycles. The van der Waals surface area contributed by atoms with E-state index in [9.17, 15) is 10.1 Å². The molecule has 0 fully saturated rings. The molecule has 2 aromatic heterocycles. The smallest absolute Gasteiger partial charge is 0.258 e. The molecule has 0 bridgehead atoms. The third kappa shape index (κ3) is 3.16. The van der Waals surface area contributed by atoms with Crippen molar-refractivity contribution in [3.63, 3.8) is 0 Å². The Kier molecular flexibility index (Phi) is 4.52. The standard InChI is InChI=1S/C15H15N5O2S/c1-2-3-9-23-15-16-8-7-14(18-15)19-12-5-4-6-13(20(21)22)11(12)10-17-19/h4-8,10H,2-3,9H2,1H3. The highest BCUT2D eigenvalue weighted by molar-refractivity contribution is 7.99. The van der Waals surface area contributed by atoms with Crippen LogP contribution in [0.15, 0.2) is 41.8 Å². The van der Waals surface area contributed by atoms with E-state index in [4.69, 9.17) is 0 Å². The van der Waals surface area contributed by atoms with Gasteiger partial charge in [-0.25, -0.2) is 14.6 Å². The maximum atomic E-state index is 11.1. The van der Waals surface area contributed by atoms with Crippen molar-refractivity contribution in [2.24, 2.45) is 0 Å². The molecule has 23 heavy (non-hydrogen) atoms. The molecule has 0 unspecified atom stereocenters. The lowest BCUT2D eigenvalue weighted by Gasteiger charge is -2.04. The Balaban J connectivity index is 1.99. The first-order chi connectivity index (χ1) is 11.2. The van der Waals surface area contributed by atoms with Gasteiger partial charge in [-0.05, 0) is 12.5 Å². The number of aromatic nitrogens is 4. The maximum Gasteiger partial charge on any atom is 0.280 e. The van der Waals surface area contributed by atoms with E-state index >= 15 is 0 Å². The summed E-state index contributed by atoms with van der Waals surface area (Å²) in [6, 6.07) is 6.66. The number of nitro groups is 1. The normalized spacial score (nSPS) is 11.0. The molecule has 0 spiro atoms. The number of hydrogen-bond donors (Lipinski definition) is 0. The number of nitro benzene ring substituents is 1. The van der Waals surface area contributed by atoms with Crippen molar-refractivity contribution in [3.05, 3.63) is 46.8 Å². The number of fused-ring (bicyclic) bond motifs is 1. The molecule has 0 N–H and O–H groups in total. The summed E-state index contributed by atoms with van der Waals surface area (Å²) >= 11 is 1.60. The van der Waals surface area contributed by atoms with Crippen LogP contribution in [0.1, 0.15) is 19.8 Å². The van der Waals surface area contributed by atoms with Crippen molar-refractivity contribution in [3.8, 4) is 5.82 Å². The third-order valence-electron chi connectivity index (χ3n) is 3.35. The van der Waals surface area contributed by atoms with Gasteiger partial charge in [0.05, 0.1) is 22.0 Å². The summed E-state index contributed by atoms with van der Waals surface area (Å²) in [6.45, 7) is 2.14. The van der Waals surface area contributed by atoms with E-state index in [-0.39, 0.29) is 5.69 Å². The highest BCUT2D eigenvalue weighted by Gasteiger charge is 2.16. The van der Waals surface area contributed by atoms with Crippen molar-refractivity contribution in [1.29, 1.82) is 0 Å². The molecule has 3 rings (SSSR count). The monoisotopic (exact) mass is 329 g/mol. The van der Waals surface area contributed by atoms with Crippen LogP contribution in [0.4, 0.5) is 5.69 Å².